The van der Waals surface area contributed by atoms with Gasteiger partial charge >= 0.3 is 6.03 Å². The van der Waals surface area contributed by atoms with Crippen LogP contribution in [0.15, 0.2) is 24.3 Å². The van der Waals surface area contributed by atoms with Crippen molar-refractivity contribution in [1.82, 2.24) is 20.2 Å². The second-order valence-electron chi connectivity index (χ2n) is 7.48. The smallest absolute Gasteiger partial charge is 0.314 e. The summed E-state index contributed by atoms with van der Waals surface area (Å²) in [5, 5.41) is 15.3. The lowest BCUT2D eigenvalue weighted by atomic mass is 9.87. The van der Waals surface area contributed by atoms with Gasteiger partial charge in [-0.05, 0) is 44.2 Å². The normalized spacial score (nSPS) is 13.0. The number of fused-ring (bicyclic) bond motifs is 1. The molecule has 1 heterocycles. The number of aliphatic hydroxyl groups is 1. The number of aliphatic hydroxyl groups excluding tert-OH is 1. The molecule has 0 radical (unpaired) electrons. The number of carbonyl (C=O) groups is 1. The van der Waals surface area contributed by atoms with E-state index in [1.807, 2.05) is 39.0 Å². The highest BCUT2D eigenvalue weighted by molar-refractivity contribution is 5.76. The molecular weight excluding hydrogens is 316 g/mol. The minimum Gasteiger partial charge on any atom is -0.393 e. The predicted molar refractivity (Wildman–Crippen MR) is 101 cm³/mol. The van der Waals surface area contributed by atoms with Crippen molar-refractivity contribution in [3.63, 3.8) is 0 Å². The summed E-state index contributed by atoms with van der Waals surface area (Å²) in [6, 6.07) is 7.93. The number of nitrogens with one attached hydrogen (secondary N) is 2. The fourth-order valence-corrected chi connectivity index (χ4v) is 3.17. The largest absolute Gasteiger partial charge is 0.393 e. The van der Waals surface area contributed by atoms with Crippen molar-refractivity contribution in [2.45, 2.75) is 53.2 Å². The number of aromatic nitrogens is 2. The van der Waals surface area contributed by atoms with Crippen LogP contribution in [0.1, 0.15) is 39.4 Å². The molecule has 0 saturated heterocycles. The Labute approximate surface area is 149 Å². The summed E-state index contributed by atoms with van der Waals surface area (Å²) in [6.07, 6.45) is 1.12. The van der Waals surface area contributed by atoms with E-state index < -0.39 is 0 Å². The third-order valence-corrected chi connectivity index (χ3v) is 4.26. The minimum absolute atomic E-state index is 0.127. The highest BCUT2D eigenvalue weighted by Gasteiger charge is 2.20. The van der Waals surface area contributed by atoms with Crippen molar-refractivity contribution < 1.29 is 9.90 Å². The number of para-hydroxylation sites is 2. The topological polar surface area (TPSA) is 79.2 Å². The molecule has 0 aliphatic carbocycles. The van der Waals surface area contributed by atoms with Crippen molar-refractivity contribution in [3.05, 3.63) is 30.1 Å². The van der Waals surface area contributed by atoms with Gasteiger partial charge in [-0.25, -0.2) is 9.78 Å². The van der Waals surface area contributed by atoms with Crippen molar-refractivity contribution in [2.24, 2.45) is 5.41 Å². The standard InChI is InChI=1S/C19H30N4O2/c1-14(24)12-19(3,4)13-21-18(25)20-10-7-11-23-15(2)22-16-8-5-6-9-17(16)23/h5-6,8-9,14,24H,7,10-13H2,1-4H3,(H2,20,21,25). The van der Waals surface area contributed by atoms with E-state index in [1.165, 1.54) is 0 Å². The monoisotopic (exact) mass is 346 g/mol. The number of amides is 2. The molecule has 0 aliphatic heterocycles. The average Bonchev–Trinajstić information content (AvgIpc) is 2.84. The molecule has 138 valence electrons. The summed E-state index contributed by atoms with van der Waals surface area (Å²) in [5.74, 6) is 0.991. The van der Waals surface area contributed by atoms with E-state index >= 15 is 0 Å². The van der Waals surface area contributed by atoms with E-state index in [0.29, 0.717) is 19.5 Å². The van der Waals surface area contributed by atoms with Crippen LogP contribution in [0.25, 0.3) is 11.0 Å². The summed E-state index contributed by atoms with van der Waals surface area (Å²) in [6.45, 7) is 9.80. The second kappa shape index (κ2) is 8.34. The zero-order chi connectivity index (χ0) is 18.4. The van der Waals surface area contributed by atoms with E-state index in [1.54, 1.807) is 6.92 Å². The van der Waals surface area contributed by atoms with Crippen LogP contribution in [0.5, 0.6) is 0 Å². The molecule has 0 bridgehead atoms. The van der Waals surface area contributed by atoms with E-state index in [4.69, 9.17) is 0 Å². The number of hydrogen-bond donors (Lipinski definition) is 3. The number of aryl methyl sites for hydroxylation is 2. The first kappa shape index (κ1) is 19.2. The molecule has 1 aromatic carbocycles. The van der Waals surface area contributed by atoms with Crippen LogP contribution in [0.3, 0.4) is 0 Å². The lowest BCUT2D eigenvalue weighted by Gasteiger charge is -2.26. The van der Waals surface area contributed by atoms with Crippen LogP contribution in [0.2, 0.25) is 0 Å². The SMILES string of the molecule is Cc1nc2ccccc2n1CCCNC(=O)NCC(C)(C)CC(C)O. The average molecular weight is 346 g/mol. The summed E-state index contributed by atoms with van der Waals surface area (Å²) in [4.78, 5) is 16.5. The molecule has 2 rings (SSSR count). The van der Waals surface area contributed by atoms with Gasteiger partial charge in [-0.3, -0.25) is 0 Å². The Morgan fingerprint density at radius 1 is 1.32 bits per heavy atom. The molecule has 6 heteroatoms. The van der Waals surface area contributed by atoms with Crippen LogP contribution < -0.4 is 10.6 Å². The van der Waals surface area contributed by atoms with E-state index in [0.717, 1.165) is 29.8 Å². The number of rotatable bonds is 8. The summed E-state index contributed by atoms with van der Waals surface area (Å²) < 4.78 is 2.18. The van der Waals surface area contributed by atoms with Crippen molar-refractivity contribution in [3.8, 4) is 0 Å². The molecule has 1 unspecified atom stereocenters. The van der Waals surface area contributed by atoms with Gasteiger partial charge < -0.3 is 20.3 Å². The van der Waals surface area contributed by atoms with Crippen molar-refractivity contribution in [2.75, 3.05) is 13.1 Å². The maximum atomic E-state index is 11.9. The third kappa shape index (κ3) is 5.74. The van der Waals surface area contributed by atoms with E-state index in [9.17, 15) is 9.90 Å². The first-order valence-electron chi connectivity index (χ1n) is 8.90. The van der Waals surface area contributed by atoms with Gasteiger partial charge in [0.2, 0.25) is 0 Å². The minimum atomic E-state index is -0.367. The zero-order valence-corrected chi connectivity index (χ0v) is 15.7. The highest BCUT2D eigenvalue weighted by Crippen LogP contribution is 2.21. The van der Waals surface area contributed by atoms with Crippen LogP contribution in [0.4, 0.5) is 4.79 Å². The van der Waals surface area contributed by atoms with Gasteiger partial charge in [0.05, 0.1) is 17.1 Å². The molecule has 2 amide bonds. The second-order valence-corrected chi connectivity index (χ2v) is 7.48. The van der Waals surface area contributed by atoms with Gasteiger partial charge in [-0.15, -0.1) is 0 Å². The van der Waals surface area contributed by atoms with Crippen molar-refractivity contribution >= 4 is 17.1 Å². The Bertz CT molecular complexity index is 707. The highest BCUT2D eigenvalue weighted by atomic mass is 16.3. The van der Waals surface area contributed by atoms with Gasteiger partial charge in [-0.2, -0.15) is 0 Å². The number of nitrogens with zero attached hydrogens (tertiary/aromatic N) is 2. The van der Waals surface area contributed by atoms with Gasteiger partial charge in [0, 0.05) is 19.6 Å². The molecule has 6 nitrogen and oxygen atoms in total. The number of imidazole rings is 1. The first-order valence-corrected chi connectivity index (χ1v) is 8.90. The number of carbonyl (C=O) groups excluding carboxylic acids is 1. The number of urea groups is 1. The fraction of sp³-hybridized carbons (Fsp3) is 0.579. The molecular formula is C19H30N4O2. The lowest BCUT2D eigenvalue weighted by molar-refractivity contribution is 0.129. The van der Waals surface area contributed by atoms with E-state index in [2.05, 4.69) is 26.3 Å². The Morgan fingerprint density at radius 2 is 2.04 bits per heavy atom. The number of hydrogen-bond acceptors (Lipinski definition) is 3. The van der Waals surface area contributed by atoms with Crippen LogP contribution in [-0.2, 0) is 6.54 Å². The molecule has 2 aromatic rings. The number of benzene rings is 1. The molecule has 25 heavy (non-hydrogen) atoms. The molecule has 1 aromatic heterocycles. The van der Waals surface area contributed by atoms with Crippen molar-refractivity contribution in [1.29, 1.82) is 0 Å². The molecule has 0 saturated carbocycles. The maximum Gasteiger partial charge on any atom is 0.314 e. The molecule has 1 atom stereocenters. The maximum absolute atomic E-state index is 11.9. The molecule has 3 N–H and O–H groups in total. The molecule has 0 aliphatic rings. The first-order chi connectivity index (χ1) is 11.8. The molecule has 0 spiro atoms. The zero-order valence-electron chi connectivity index (χ0n) is 15.7. The van der Waals surface area contributed by atoms with Crippen LogP contribution in [-0.4, -0.2) is 39.9 Å². The summed E-state index contributed by atoms with van der Waals surface area (Å²) >= 11 is 0. The van der Waals surface area contributed by atoms with Gasteiger partial charge in [0.15, 0.2) is 0 Å². The Morgan fingerprint density at radius 3 is 2.76 bits per heavy atom. The van der Waals surface area contributed by atoms with Crippen LogP contribution >= 0.6 is 0 Å². The van der Waals surface area contributed by atoms with Gasteiger partial charge in [-0.1, -0.05) is 26.0 Å². The van der Waals surface area contributed by atoms with Gasteiger partial charge in [0.1, 0.15) is 5.82 Å². The Balaban J connectivity index is 1.73. The predicted octanol–water partition coefficient (Wildman–Crippen LogP) is 2.83. The Hall–Kier alpha value is -2.08. The van der Waals surface area contributed by atoms with Gasteiger partial charge in [0.25, 0.3) is 0 Å². The fourth-order valence-electron chi connectivity index (χ4n) is 3.17. The summed E-state index contributed by atoms with van der Waals surface area (Å²) in [5.41, 5.74) is 2.01. The third-order valence-electron chi connectivity index (χ3n) is 4.26. The van der Waals surface area contributed by atoms with Crippen LogP contribution in [0, 0.1) is 12.3 Å². The quantitative estimate of drug-likeness (QED) is 0.643. The van der Waals surface area contributed by atoms with E-state index in [-0.39, 0.29) is 17.6 Å². The molecule has 0 fully saturated rings. The summed E-state index contributed by atoms with van der Waals surface area (Å²) in [7, 11) is 0. The Kier molecular flexibility index (Phi) is 6.42. The lowest BCUT2D eigenvalue weighted by Crippen LogP contribution is -2.42.